The van der Waals surface area contributed by atoms with Gasteiger partial charge in [-0.3, -0.25) is 4.79 Å². The van der Waals surface area contributed by atoms with Crippen molar-refractivity contribution in [3.63, 3.8) is 0 Å². The Balaban J connectivity index is 1.53. The molecule has 206 valence electrons. The first-order valence-electron chi connectivity index (χ1n) is 13.5. The highest BCUT2D eigenvalue weighted by Gasteiger charge is 2.64. The molecule has 39 heavy (non-hydrogen) atoms. The number of benzene rings is 3. The summed E-state index contributed by atoms with van der Waals surface area (Å²) in [5.41, 5.74) is -0.417. The largest absolute Gasteiger partial charge is 0.404 e. The number of carbonyl (C=O) groups is 1. The average molecular weight is 547 g/mol. The van der Waals surface area contributed by atoms with Crippen LogP contribution in [0.5, 0.6) is 0 Å². The van der Waals surface area contributed by atoms with Crippen LogP contribution in [-0.4, -0.2) is 51.1 Å². The van der Waals surface area contributed by atoms with Crippen LogP contribution in [0, 0.1) is 0 Å². The standard InChI is InChI=1S/C32H38O6Si/c1-30(2,3)39(25-17-11-7-12-18-25,26-19-13-8-14-20-26)35-23-32(22-33)28(34-21-24-15-9-6-10-16-24)27-29(38-32)37-31(4,5)36-27/h6-20,22,27-29H,21,23H2,1-5H3. The Kier molecular flexibility index (Phi) is 7.67. The van der Waals surface area contributed by atoms with Gasteiger partial charge in [0.15, 0.2) is 24.0 Å². The summed E-state index contributed by atoms with van der Waals surface area (Å²) in [4.78, 5) is 13.0. The summed E-state index contributed by atoms with van der Waals surface area (Å²) in [6, 6.07) is 30.5. The van der Waals surface area contributed by atoms with E-state index in [1.807, 2.05) is 80.6 Å². The molecule has 2 aliphatic rings. The normalized spacial score (nSPS) is 26.3. The van der Waals surface area contributed by atoms with E-state index >= 15 is 0 Å². The Hall–Kier alpha value is -2.65. The third kappa shape index (κ3) is 5.27. The zero-order valence-corrected chi connectivity index (χ0v) is 24.3. The number of fused-ring (bicyclic) bond motifs is 1. The zero-order valence-electron chi connectivity index (χ0n) is 23.3. The van der Waals surface area contributed by atoms with E-state index in [1.54, 1.807) is 0 Å². The molecule has 0 amide bonds. The molecule has 0 N–H and O–H groups in total. The van der Waals surface area contributed by atoms with Crippen LogP contribution in [0.3, 0.4) is 0 Å². The first kappa shape index (κ1) is 27.9. The van der Waals surface area contributed by atoms with Gasteiger partial charge in [0.25, 0.3) is 8.32 Å². The summed E-state index contributed by atoms with van der Waals surface area (Å²) in [5.74, 6) is -0.850. The van der Waals surface area contributed by atoms with E-state index < -0.39 is 38.2 Å². The molecule has 2 saturated heterocycles. The minimum atomic E-state index is -2.94. The van der Waals surface area contributed by atoms with Gasteiger partial charge in [0.2, 0.25) is 0 Å². The molecule has 2 fully saturated rings. The maximum absolute atomic E-state index is 13.0. The molecular formula is C32H38O6Si. The van der Waals surface area contributed by atoms with Gasteiger partial charge in [0, 0.05) is 0 Å². The van der Waals surface area contributed by atoms with Crippen LogP contribution < -0.4 is 10.4 Å². The van der Waals surface area contributed by atoms with Gasteiger partial charge in [-0.1, -0.05) is 112 Å². The molecule has 3 aromatic carbocycles. The second-order valence-electron chi connectivity index (χ2n) is 11.8. The number of rotatable bonds is 9. The molecule has 0 saturated carbocycles. The van der Waals surface area contributed by atoms with Crippen molar-refractivity contribution in [1.82, 2.24) is 0 Å². The molecule has 0 radical (unpaired) electrons. The lowest BCUT2D eigenvalue weighted by Crippen LogP contribution is -2.68. The maximum atomic E-state index is 13.0. The van der Waals surface area contributed by atoms with Crippen LogP contribution in [0.1, 0.15) is 40.2 Å². The van der Waals surface area contributed by atoms with E-state index in [4.69, 9.17) is 23.4 Å². The highest BCUT2D eigenvalue weighted by Crippen LogP contribution is 2.45. The molecule has 0 aromatic heterocycles. The zero-order chi connectivity index (χ0) is 27.7. The molecule has 7 heteroatoms. The van der Waals surface area contributed by atoms with Gasteiger partial charge < -0.3 is 23.4 Å². The van der Waals surface area contributed by atoms with Crippen molar-refractivity contribution in [2.45, 2.75) is 76.1 Å². The Labute approximate surface area is 232 Å². The summed E-state index contributed by atoms with van der Waals surface area (Å²) in [7, 11) is -2.94. The SMILES string of the molecule is CC1(C)OC2OC(C=O)(CO[Si](c3ccccc3)(c3ccccc3)C(C)(C)C)C(OCc3ccccc3)C2O1. The highest BCUT2D eigenvalue weighted by atomic mass is 28.4. The number of hydrogen-bond donors (Lipinski definition) is 0. The average Bonchev–Trinajstić information content (AvgIpc) is 3.37. The molecule has 0 aliphatic carbocycles. The fourth-order valence-electron chi connectivity index (χ4n) is 5.84. The summed E-state index contributed by atoms with van der Waals surface area (Å²) in [5, 5.41) is 1.99. The van der Waals surface area contributed by atoms with Crippen LogP contribution >= 0.6 is 0 Å². The molecule has 0 bridgehead atoms. The molecule has 0 spiro atoms. The maximum Gasteiger partial charge on any atom is 0.261 e. The van der Waals surface area contributed by atoms with E-state index in [9.17, 15) is 4.79 Å². The monoisotopic (exact) mass is 546 g/mol. The van der Waals surface area contributed by atoms with Crippen molar-refractivity contribution in [2.24, 2.45) is 0 Å². The van der Waals surface area contributed by atoms with E-state index in [-0.39, 0.29) is 11.6 Å². The van der Waals surface area contributed by atoms with E-state index in [1.165, 1.54) is 0 Å². The quantitative estimate of drug-likeness (QED) is 0.289. The first-order chi connectivity index (χ1) is 18.6. The smallest absolute Gasteiger partial charge is 0.261 e. The lowest BCUT2D eigenvalue weighted by molar-refractivity contribution is -0.242. The summed E-state index contributed by atoms with van der Waals surface area (Å²) < 4.78 is 32.2. The predicted molar refractivity (Wildman–Crippen MR) is 152 cm³/mol. The number of hydrogen-bond acceptors (Lipinski definition) is 6. The molecule has 2 aliphatic heterocycles. The van der Waals surface area contributed by atoms with Gasteiger partial charge in [-0.15, -0.1) is 0 Å². The first-order valence-corrected chi connectivity index (χ1v) is 15.4. The van der Waals surface area contributed by atoms with Crippen LogP contribution in [0.2, 0.25) is 5.04 Å². The van der Waals surface area contributed by atoms with Crippen molar-refractivity contribution in [3.8, 4) is 0 Å². The third-order valence-electron chi connectivity index (χ3n) is 7.61. The lowest BCUT2D eigenvalue weighted by Gasteiger charge is -2.45. The van der Waals surface area contributed by atoms with Gasteiger partial charge in [-0.2, -0.15) is 0 Å². The topological polar surface area (TPSA) is 63.2 Å². The van der Waals surface area contributed by atoms with Crippen LogP contribution in [0.15, 0.2) is 91.0 Å². The van der Waals surface area contributed by atoms with Gasteiger partial charge >= 0.3 is 0 Å². The Morgan fingerprint density at radius 1 is 0.821 bits per heavy atom. The van der Waals surface area contributed by atoms with E-state index in [2.05, 4.69) is 45.0 Å². The fraction of sp³-hybridized carbons (Fsp3) is 0.406. The number of ether oxygens (including phenoxy) is 4. The number of aldehydes is 1. The Morgan fingerprint density at radius 2 is 1.36 bits per heavy atom. The molecule has 4 unspecified atom stereocenters. The van der Waals surface area contributed by atoms with Crippen molar-refractivity contribution >= 4 is 25.0 Å². The molecule has 5 rings (SSSR count). The molecule has 6 nitrogen and oxygen atoms in total. The third-order valence-corrected chi connectivity index (χ3v) is 12.6. The van der Waals surface area contributed by atoms with Gasteiger partial charge in [-0.05, 0) is 34.8 Å². The predicted octanol–water partition coefficient (Wildman–Crippen LogP) is 4.59. The second kappa shape index (κ2) is 10.7. The van der Waals surface area contributed by atoms with Crippen molar-refractivity contribution in [1.29, 1.82) is 0 Å². The van der Waals surface area contributed by atoms with Gasteiger partial charge in [0.1, 0.15) is 12.2 Å². The second-order valence-corrected chi connectivity index (χ2v) is 16.1. The van der Waals surface area contributed by atoms with Crippen molar-refractivity contribution < 1.29 is 28.2 Å². The Morgan fingerprint density at radius 3 is 1.87 bits per heavy atom. The summed E-state index contributed by atoms with van der Waals surface area (Å²) in [6.07, 6.45) is -1.22. The highest BCUT2D eigenvalue weighted by molar-refractivity contribution is 6.99. The van der Waals surface area contributed by atoms with Gasteiger partial charge in [0.05, 0.1) is 13.2 Å². The van der Waals surface area contributed by atoms with E-state index in [0.717, 1.165) is 22.2 Å². The lowest BCUT2D eigenvalue weighted by atomic mass is 9.97. The van der Waals surface area contributed by atoms with Crippen molar-refractivity contribution in [3.05, 3.63) is 96.6 Å². The molecule has 4 atom stereocenters. The Bertz CT molecular complexity index is 1200. The van der Waals surface area contributed by atoms with Crippen LogP contribution in [-0.2, 0) is 34.8 Å². The number of carbonyl (C=O) groups excluding carboxylic acids is 1. The summed E-state index contributed by atoms with van der Waals surface area (Å²) in [6.45, 7) is 10.6. The van der Waals surface area contributed by atoms with E-state index in [0.29, 0.717) is 6.61 Å². The van der Waals surface area contributed by atoms with Crippen LogP contribution in [0.25, 0.3) is 0 Å². The van der Waals surface area contributed by atoms with Gasteiger partial charge in [-0.25, -0.2) is 0 Å². The molecule has 3 aromatic rings. The van der Waals surface area contributed by atoms with Crippen molar-refractivity contribution in [2.75, 3.05) is 6.61 Å². The summed E-state index contributed by atoms with van der Waals surface area (Å²) >= 11 is 0. The fourth-order valence-corrected chi connectivity index (χ4v) is 10.4. The minimum absolute atomic E-state index is 0.00336. The molecule has 2 heterocycles. The molecular weight excluding hydrogens is 508 g/mol. The van der Waals surface area contributed by atoms with Crippen LogP contribution in [0.4, 0.5) is 0 Å². The minimum Gasteiger partial charge on any atom is -0.404 e.